The third-order valence-electron chi connectivity index (χ3n) is 4.62. The van der Waals surface area contributed by atoms with Crippen molar-refractivity contribution >= 4 is 5.69 Å². The minimum absolute atomic E-state index is 0.813. The maximum Gasteiger partial charge on any atom is 0.0379 e. The van der Waals surface area contributed by atoms with Crippen LogP contribution in [0, 0.1) is 0 Å². The lowest BCUT2D eigenvalue weighted by Gasteiger charge is -2.26. The van der Waals surface area contributed by atoms with Crippen molar-refractivity contribution < 1.29 is 0 Å². The lowest BCUT2D eigenvalue weighted by atomic mass is 9.79. The zero-order chi connectivity index (χ0) is 12.7. The monoisotopic (exact) mass is 249 g/mol. The Hall–Kier alpha value is -1.76. The van der Waals surface area contributed by atoms with E-state index in [0.29, 0.717) is 0 Å². The zero-order valence-electron chi connectivity index (χ0n) is 11.2. The molecule has 1 nitrogen and oxygen atoms in total. The van der Waals surface area contributed by atoms with E-state index < -0.39 is 0 Å². The molecule has 0 spiro atoms. The average Bonchev–Trinajstić information content (AvgIpc) is 2.84. The van der Waals surface area contributed by atoms with E-state index in [0.717, 1.165) is 18.9 Å². The Balaban J connectivity index is 1.71. The first-order chi connectivity index (χ1) is 9.40. The van der Waals surface area contributed by atoms with Crippen molar-refractivity contribution in [3.8, 4) is 11.1 Å². The van der Waals surface area contributed by atoms with Crippen molar-refractivity contribution in [2.24, 2.45) is 0 Å². The van der Waals surface area contributed by atoms with Crippen molar-refractivity contribution in [2.75, 3.05) is 11.9 Å². The summed E-state index contributed by atoms with van der Waals surface area (Å²) in [6, 6.07) is 16.0. The van der Waals surface area contributed by atoms with Crippen molar-refractivity contribution in [2.45, 2.75) is 31.6 Å². The number of nitrogens with one attached hydrogen (secondary N) is 1. The van der Waals surface area contributed by atoms with E-state index in [-0.39, 0.29) is 0 Å². The minimum atomic E-state index is 0.813. The van der Waals surface area contributed by atoms with Gasteiger partial charge in [0.2, 0.25) is 0 Å². The molecule has 0 unspecified atom stereocenters. The van der Waals surface area contributed by atoms with Gasteiger partial charge in [-0.2, -0.15) is 0 Å². The highest BCUT2D eigenvalue weighted by atomic mass is 14.9. The molecule has 0 bridgehead atoms. The topological polar surface area (TPSA) is 12.0 Å². The van der Waals surface area contributed by atoms with Crippen LogP contribution >= 0.6 is 0 Å². The van der Waals surface area contributed by atoms with Gasteiger partial charge < -0.3 is 5.32 Å². The average molecular weight is 249 g/mol. The highest BCUT2D eigenvalue weighted by molar-refractivity contribution is 5.71. The van der Waals surface area contributed by atoms with Crippen LogP contribution in [0.1, 0.15) is 36.3 Å². The Morgan fingerprint density at radius 3 is 2.68 bits per heavy atom. The van der Waals surface area contributed by atoms with Crippen LogP contribution in [0.3, 0.4) is 0 Å². The summed E-state index contributed by atoms with van der Waals surface area (Å²) in [5.74, 6) is 0.813. The zero-order valence-corrected chi connectivity index (χ0v) is 11.2. The van der Waals surface area contributed by atoms with Gasteiger partial charge in [0.25, 0.3) is 0 Å². The van der Waals surface area contributed by atoms with Crippen molar-refractivity contribution in [1.82, 2.24) is 0 Å². The smallest absolute Gasteiger partial charge is 0.0379 e. The minimum Gasteiger partial charge on any atom is -0.384 e. The van der Waals surface area contributed by atoms with E-state index in [1.807, 2.05) is 0 Å². The highest BCUT2D eigenvalue weighted by Gasteiger charge is 2.19. The normalized spacial score (nSPS) is 17.7. The molecule has 0 radical (unpaired) electrons. The van der Waals surface area contributed by atoms with Gasteiger partial charge in [-0.15, -0.1) is 0 Å². The number of benzene rings is 2. The summed E-state index contributed by atoms with van der Waals surface area (Å²) in [6.07, 6.45) is 5.31. The van der Waals surface area contributed by atoms with Crippen LogP contribution in [0.25, 0.3) is 11.1 Å². The van der Waals surface area contributed by atoms with Crippen LogP contribution in [-0.2, 0) is 6.42 Å². The molecule has 1 aliphatic carbocycles. The molecule has 1 saturated carbocycles. The fraction of sp³-hybridized carbons (Fsp3) is 0.333. The summed E-state index contributed by atoms with van der Waals surface area (Å²) in [5, 5.41) is 3.47. The molecule has 2 aromatic carbocycles. The van der Waals surface area contributed by atoms with Gasteiger partial charge in [-0.25, -0.2) is 0 Å². The van der Waals surface area contributed by atoms with Gasteiger partial charge in [-0.05, 0) is 53.5 Å². The number of fused-ring (bicyclic) bond motifs is 1. The van der Waals surface area contributed by atoms with E-state index in [9.17, 15) is 0 Å². The number of hydrogen-bond donors (Lipinski definition) is 1. The quantitative estimate of drug-likeness (QED) is 0.821. The Morgan fingerprint density at radius 1 is 0.947 bits per heavy atom. The second-order valence-electron chi connectivity index (χ2n) is 5.80. The molecule has 0 atom stereocenters. The van der Waals surface area contributed by atoms with Crippen molar-refractivity contribution in [3.63, 3.8) is 0 Å². The fourth-order valence-electron chi connectivity index (χ4n) is 3.18. The first-order valence-electron chi connectivity index (χ1n) is 7.37. The number of rotatable bonds is 2. The second kappa shape index (κ2) is 4.41. The summed E-state index contributed by atoms with van der Waals surface area (Å²) >= 11 is 0. The molecule has 1 heteroatoms. The van der Waals surface area contributed by atoms with Gasteiger partial charge in [0.1, 0.15) is 0 Å². The predicted octanol–water partition coefficient (Wildman–Crippen LogP) is 4.59. The number of anilines is 1. The molecule has 0 saturated heterocycles. The van der Waals surface area contributed by atoms with Gasteiger partial charge in [0, 0.05) is 12.2 Å². The largest absolute Gasteiger partial charge is 0.384 e. The van der Waals surface area contributed by atoms with Crippen LogP contribution in [0.2, 0.25) is 0 Å². The standard InChI is InChI=1S/C18H19N/c1-3-13(4-1)15-5-2-6-16(11-15)17-8-7-14-9-10-19-18(14)12-17/h2,5-8,11-13,19H,1,3-4,9-10H2. The van der Waals surface area contributed by atoms with E-state index >= 15 is 0 Å². The van der Waals surface area contributed by atoms with Gasteiger partial charge in [-0.3, -0.25) is 0 Å². The lowest BCUT2D eigenvalue weighted by Crippen LogP contribution is -2.08. The first kappa shape index (κ1) is 11.1. The summed E-state index contributed by atoms with van der Waals surface area (Å²) in [4.78, 5) is 0. The van der Waals surface area contributed by atoms with E-state index in [1.165, 1.54) is 47.2 Å². The number of hydrogen-bond acceptors (Lipinski definition) is 1. The maximum absolute atomic E-state index is 3.47. The molecule has 2 aliphatic rings. The SMILES string of the molecule is c1cc(-c2ccc3c(c2)NCC3)cc(C2CCC2)c1. The van der Waals surface area contributed by atoms with E-state index in [2.05, 4.69) is 47.8 Å². The summed E-state index contributed by atoms with van der Waals surface area (Å²) in [5.41, 5.74) is 7.01. The van der Waals surface area contributed by atoms with Gasteiger partial charge >= 0.3 is 0 Å². The maximum atomic E-state index is 3.47. The van der Waals surface area contributed by atoms with Gasteiger partial charge in [-0.1, -0.05) is 42.8 Å². The van der Waals surface area contributed by atoms with Crippen molar-refractivity contribution in [1.29, 1.82) is 0 Å². The lowest BCUT2D eigenvalue weighted by molar-refractivity contribution is 0.420. The molecule has 1 heterocycles. The van der Waals surface area contributed by atoms with Crippen LogP contribution < -0.4 is 5.32 Å². The molecule has 19 heavy (non-hydrogen) atoms. The molecule has 0 aromatic heterocycles. The Labute approximate surface area is 114 Å². The molecular weight excluding hydrogens is 230 g/mol. The molecule has 4 rings (SSSR count). The van der Waals surface area contributed by atoms with Crippen molar-refractivity contribution in [3.05, 3.63) is 53.6 Å². The van der Waals surface area contributed by atoms with E-state index in [1.54, 1.807) is 0 Å². The molecule has 96 valence electrons. The Morgan fingerprint density at radius 2 is 1.84 bits per heavy atom. The molecule has 1 fully saturated rings. The van der Waals surface area contributed by atoms with Gasteiger partial charge in [0.05, 0.1) is 0 Å². The fourth-order valence-corrected chi connectivity index (χ4v) is 3.18. The third-order valence-corrected chi connectivity index (χ3v) is 4.62. The molecule has 0 amide bonds. The van der Waals surface area contributed by atoms with Crippen LogP contribution in [0.15, 0.2) is 42.5 Å². The molecule has 1 N–H and O–H groups in total. The van der Waals surface area contributed by atoms with Gasteiger partial charge in [0.15, 0.2) is 0 Å². The van der Waals surface area contributed by atoms with E-state index in [4.69, 9.17) is 0 Å². The highest BCUT2D eigenvalue weighted by Crippen LogP contribution is 2.38. The van der Waals surface area contributed by atoms with Crippen LogP contribution in [0.4, 0.5) is 5.69 Å². The summed E-state index contributed by atoms with van der Waals surface area (Å²) in [6.45, 7) is 1.08. The molecule has 2 aromatic rings. The third kappa shape index (κ3) is 1.94. The molecular formula is C18H19N. The van der Waals surface area contributed by atoms with Crippen LogP contribution in [0.5, 0.6) is 0 Å². The first-order valence-corrected chi connectivity index (χ1v) is 7.37. The Kier molecular flexibility index (Phi) is 2.58. The molecule has 1 aliphatic heterocycles. The predicted molar refractivity (Wildman–Crippen MR) is 80.7 cm³/mol. The second-order valence-corrected chi connectivity index (χ2v) is 5.80. The van der Waals surface area contributed by atoms with Crippen LogP contribution in [-0.4, -0.2) is 6.54 Å². The summed E-state index contributed by atoms with van der Waals surface area (Å²) in [7, 11) is 0. The summed E-state index contributed by atoms with van der Waals surface area (Å²) < 4.78 is 0. The Bertz CT molecular complexity index is 611.